The van der Waals surface area contributed by atoms with E-state index in [4.69, 9.17) is 9.47 Å². The van der Waals surface area contributed by atoms with E-state index in [9.17, 15) is 5.11 Å². The summed E-state index contributed by atoms with van der Waals surface area (Å²) in [5.41, 5.74) is -0.285. The van der Waals surface area contributed by atoms with Crippen LogP contribution < -0.4 is 0 Å². The molecule has 0 bridgehead atoms. The third kappa shape index (κ3) is 2.18. The molecule has 0 aromatic carbocycles. The lowest BCUT2D eigenvalue weighted by Gasteiger charge is -2.39. The number of aliphatic hydroxyl groups is 1. The zero-order chi connectivity index (χ0) is 12.6. The van der Waals surface area contributed by atoms with Crippen molar-refractivity contribution in [3.05, 3.63) is 22.7 Å². The molecule has 0 unspecified atom stereocenters. The van der Waals surface area contributed by atoms with Crippen molar-refractivity contribution in [1.29, 1.82) is 0 Å². The van der Waals surface area contributed by atoms with Gasteiger partial charge in [0, 0.05) is 12.8 Å². The Balaban J connectivity index is 1.75. The second kappa shape index (κ2) is 4.52. The van der Waals surface area contributed by atoms with Crippen molar-refractivity contribution < 1.29 is 14.6 Å². The van der Waals surface area contributed by atoms with E-state index >= 15 is 0 Å². The lowest BCUT2D eigenvalue weighted by atomic mass is 9.79. The van der Waals surface area contributed by atoms with Gasteiger partial charge in [-0.1, -0.05) is 0 Å². The second-order valence-corrected chi connectivity index (χ2v) is 5.68. The molecule has 1 aromatic heterocycles. The molecule has 5 nitrogen and oxygen atoms in total. The van der Waals surface area contributed by atoms with Gasteiger partial charge in [0.15, 0.2) is 5.79 Å². The number of ether oxygens (including phenoxy) is 2. The van der Waals surface area contributed by atoms with Gasteiger partial charge in [-0.2, -0.15) is 0 Å². The summed E-state index contributed by atoms with van der Waals surface area (Å²) in [6.45, 7) is 1.30. The van der Waals surface area contributed by atoms with Crippen LogP contribution in [-0.2, 0) is 15.1 Å². The zero-order valence-corrected chi connectivity index (χ0v) is 11.5. The van der Waals surface area contributed by atoms with E-state index in [1.807, 2.05) is 0 Å². The Morgan fingerprint density at radius 1 is 1.06 bits per heavy atom. The normalized spacial score (nSPS) is 25.4. The molecule has 3 rings (SSSR count). The minimum absolute atomic E-state index is 0.463. The predicted molar refractivity (Wildman–Crippen MR) is 66.7 cm³/mol. The van der Waals surface area contributed by atoms with Crippen molar-refractivity contribution in [1.82, 2.24) is 9.97 Å². The minimum atomic E-state index is -0.908. The van der Waals surface area contributed by atoms with Gasteiger partial charge in [-0.05, 0) is 28.8 Å². The van der Waals surface area contributed by atoms with Crippen molar-refractivity contribution >= 4 is 15.9 Å². The summed E-state index contributed by atoms with van der Waals surface area (Å²) in [5.74, 6) is -0.463. The Labute approximate surface area is 114 Å². The highest BCUT2D eigenvalue weighted by atomic mass is 79.9. The fourth-order valence-electron chi connectivity index (χ4n) is 2.64. The van der Waals surface area contributed by atoms with E-state index in [2.05, 4.69) is 25.9 Å². The molecule has 2 fully saturated rings. The molecule has 98 valence electrons. The van der Waals surface area contributed by atoms with E-state index in [1.54, 1.807) is 12.4 Å². The average Bonchev–Trinajstić information content (AvgIpc) is 2.83. The maximum Gasteiger partial charge on any atom is 0.168 e. The minimum Gasteiger partial charge on any atom is -0.383 e. The van der Waals surface area contributed by atoms with Gasteiger partial charge in [-0.15, -0.1) is 0 Å². The average molecular weight is 315 g/mol. The quantitative estimate of drug-likeness (QED) is 0.855. The molecule has 0 atom stereocenters. The molecule has 2 aliphatic rings. The number of nitrogens with zero attached hydrogens (tertiary/aromatic N) is 2. The largest absolute Gasteiger partial charge is 0.383 e. The molecule has 0 radical (unpaired) electrons. The summed E-state index contributed by atoms with van der Waals surface area (Å²) in [4.78, 5) is 8.37. The number of hydrogen-bond acceptors (Lipinski definition) is 5. The molecule has 1 N–H and O–H groups in total. The Morgan fingerprint density at radius 2 is 1.72 bits per heavy atom. The van der Waals surface area contributed by atoms with Crippen LogP contribution in [0.1, 0.15) is 31.4 Å². The third-order valence-corrected chi connectivity index (χ3v) is 4.16. The SMILES string of the molecule is OC1(c2cnc(Br)cn2)CCC2(CC1)OCCO2. The van der Waals surface area contributed by atoms with Crippen molar-refractivity contribution in [3.8, 4) is 0 Å². The molecular formula is C12H15BrN2O3. The summed E-state index contributed by atoms with van der Waals surface area (Å²) < 4.78 is 12.0. The van der Waals surface area contributed by atoms with Crippen LogP contribution >= 0.6 is 15.9 Å². The monoisotopic (exact) mass is 314 g/mol. The van der Waals surface area contributed by atoms with Crippen LogP contribution in [0.2, 0.25) is 0 Å². The van der Waals surface area contributed by atoms with Gasteiger partial charge in [-0.3, -0.25) is 4.98 Å². The fraction of sp³-hybridized carbons (Fsp3) is 0.667. The lowest BCUT2D eigenvalue weighted by molar-refractivity contribution is -0.204. The van der Waals surface area contributed by atoms with Gasteiger partial charge in [0.2, 0.25) is 0 Å². The van der Waals surface area contributed by atoms with E-state index in [0.717, 1.165) is 0 Å². The molecular weight excluding hydrogens is 300 g/mol. The molecule has 1 aliphatic carbocycles. The number of hydrogen-bond donors (Lipinski definition) is 1. The van der Waals surface area contributed by atoms with Gasteiger partial charge >= 0.3 is 0 Å². The fourth-order valence-corrected chi connectivity index (χ4v) is 2.84. The van der Waals surface area contributed by atoms with Gasteiger partial charge in [0.1, 0.15) is 10.2 Å². The van der Waals surface area contributed by atoms with Crippen molar-refractivity contribution in [2.45, 2.75) is 37.1 Å². The maximum absolute atomic E-state index is 10.6. The first-order valence-corrected chi connectivity index (χ1v) is 6.90. The van der Waals surface area contributed by atoms with Gasteiger partial charge < -0.3 is 14.6 Å². The van der Waals surface area contributed by atoms with Crippen LogP contribution in [-0.4, -0.2) is 34.1 Å². The van der Waals surface area contributed by atoms with Crippen LogP contribution in [0.25, 0.3) is 0 Å². The number of rotatable bonds is 1. The molecule has 1 saturated carbocycles. The third-order valence-electron chi connectivity index (χ3n) is 3.75. The summed E-state index contributed by atoms with van der Waals surface area (Å²) in [6.07, 6.45) is 5.80. The van der Waals surface area contributed by atoms with E-state index in [0.29, 0.717) is 49.2 Å². The number of halogens is 1. The summed E-state index contributed by atoms with van der Waals surface area (Å²) in [7, 11) is 0. The Kier molecular flexibility index (Phi) is 3.13. The standard InChI is InChI=1S/C12H15BrN2O3/c13-10-8-14-9(7-15-10)11(16)1-3-12(4-2-11)17-5-6-18-12/h7-8,16H,1-6H2. The van der Waals surface area contributed by atoms with E-state index in [-0.39, 0.29) is 0 Å². The predicted octanol–water partition coefficient (Wildman–Crippen LogP) is 1.74. The second-order valence-electron chi connectivity index (χ2n) is 4.86. The van der Waals surface area contributed by atoms with Crippen LogP contribution in [0, 0.1) is 0 Å². The molecule has 1 aliphatic heterocycles. The van der Waals surface area contributed by atoms with Crippen LogP contribution in [0.15, 0.2) is 17.0 Å². The topological polar surface area (TPSA) is 64.5 Å². The van der Waals surface area contributed by atoms with Gasteiger partial charge in [0.25, 0.3) is 0 Å². The van der Waals surface area contributed by atoms with Crippen molar-refractivity contribution in [2.24, 2.45) is 0 Å². The Morgan fingerprint density at radius 3 is 2.28 bits per heavy atom. The van der Waals surface area contributed by atoms with Crippen LogP contribution in [0.3, 0.4) is 0 Å². The summed E-state index contributed by atoms with van der Waals surface area (Å²) >= 11 is 3.24. The first-order valence-electron chi connectivity index (χ1n) is 6.10. The molecule has 1 saturated heterocycles. The van der Waals surface area contributed by atoms with Gasteiger partial charge in [0.05, 0.1) is 31.3 Å². The molecule has 1 aromatic rings. The van der Waals surface area contributed by atoms with E-state index in [1.165, 1.54) is 0 Å². The molecule has 1 spiro atoms. The van der Waals surface area contributed by atoms with Crippen molar-refractivity contribution in [2.75, 3.05) is 13.2 Å². The van der Waals surface area contributed by atoms with Gasteiger partial charge in [-0.25, -0.2) is 4.98 Å². The summed E-state index contributed by atoms with van der Waals surface area (Å²) in [5, 5.41) is 10.6. The maximum atomic E-state index is 10.6. The van der Waals surface area contributed by atoms with Crippen molar-refractivity contribution in [3.63, 3.8) is 0 Å². The Hall–Kier alpha value is -0.560. The summed E-state index contributed by atoms with van der Waals surface area (Å²) in [6, 6.07) is 0. The molecule has 6 heteroatoms. The first kappa shape index (κ1) is 12.5. The number of aromatic nitrogens is 2. The zero-order valence-electron chi connectivity index (χ0n) is 9.93. The highest BCUT2D eigenvalue weighted by Gasteiger charge is 2.46. The highest BCUT2D eigenvalue weighted by molar-refractivity contribution is 9.10. The smallest absolute Gasteiger partial charge is 0.168 e. The first-order chi connectivity index (χ1) is 8.62. The van der Waals surface area contributed by atoms with Crippen LogP contribution in [0.5, 0.6) is 0 Å². The lowest BCUT2D eigenvalue weighted by Crippen LogP contribution is -2.42. The highest BCUT2D eigenvalue weighted by Crippen LogP contribution is 2.44. The molecule has 18 heavy (non-hydrogen) atoms. The van der Waals surface area contributed by atoms with E-state index < -0.39 is 11.4 Å². The van der Waals surface area contributed by atoms with Crippen LogP contribution in [0.4, 0.5) is 0 Å². The Bertz CT molecular complexity index is 421. The molecule has 0 amide bonds. The molecule has 2 heterocycles.